The summed E-state index contributed by atoms with van der Waals surface area (Å²) >= 11 is 3.37. The maximum atomic E-state index is 13.8. The number of fused-ring (bicyclic) bond motifs is 2. The molecule has 1 spiro atoms. The minimum atomic E-state index is -2.64. The summed E-state index contributed by atoms with van der Waals surface area (Å²) in [5, 5.41) is 10.0. The van der Waals surface area contributed by atoms with Crippen LogP contribution in [0.25, 0.3) is 0 Å². The molecule has 1 unspecified atom stereocenters. The maximum absolute atomic E-state index is 13.8. The highest BCUT2D eigenvalue weighted by molar-refractivity contribution is 7.79. The van der Waals surface area contributed by atoms with Gasteiger partial charge in [-0.25, -0.2) is 4.79 Å². The topological polar surface area (TPSA) is 97.7 Å². The van der Waals surface area contributed by atoms with Gasteiger partial charge in [-0.2, -0.15) is 0 Å². The van der Waals surface area contributed by atoms with Gasteiger partial charge in [0, 0.05) is 15.8 Å². The predicted octanol–water partition coefficient (Wildman–Crippen LogP) is 4.38. The Labute approximate surface area is 185 Å². The van der Waals surface area contributed by atoms with Crippen LogP contribution in [0.1, 0.15) is 33.8 Å². The molecule has 3 atom stereocenters. The van der Waals surface area contributed by atoms with Crippen LogP contribution in [0.2, 0.25) is 5.02 Å². The molecule has 156 valence electrons. The van der Waals surface area contributed by atoms with Gasteiger partial charge in [0.25, 0.3) is 0 Å². The van der Waals surface area contributed by atoms with Crippen molar-refractivity contribution in [3.8, 4) is 0 Å². The Hall–Kier alpha value is -3.00. The summed E-state index contributed by atoms with van der Waals surface area (Å²) in [5.74, 6) is -1.51. The number of carbonyl (C=O) groups is 2. The van der Waals surface area contributed by atoms with Gasteiger partial charge >= 0.3 is 5.97 Å². The minimum Gasteiger partial charge on any atom is -0.768 e. The van der Waals surface area contributed by atoms with E-state index in [2.05, 4.69) is 0 Å². The van der Waals surface area contributed by atoms with Crippen LogP contribution in [0.5, 0.6) is 0 Å². The molecule has 1 fully saturated rings. The molecule has 1 aliphatic heterocycles. The summed E-state index contributed by atoms with van der Waals surface area (Å²) in [6.07, 6.45) is 0.611. The molecular formula is C23H15ClNO5S-. The molecule has 1 N–H and O–H groups in total. The number of anilines is 2. The fourth-order valence-electron chi connectivity index (χ4n) is 4.55. The number of amides is 1. The zero-order valence-electron chi connectivity index (χ0n) is 15.9. The van der Waals surface area contributed by atoms with E-state index >= 15 is 0 Å². The van der Waals surface area contributed by atoms with Crippen LogP contribution in [-0.2, 0) is 21.3 Å². The van der Waals surface area contributed by atoms with Gasteiger partial charge in [-0.05, 0) is 65.0 Å². The lowest BCUT2D eigenvalue weighted by atomic mass is 9.92. The first-order valence-corrected chi connectivity index (χ1v) is 11.0. The van der Waals surface area contributed by atoms with Crippen molar-refractivity contribution in [3.05, 3.63) is 88.4 Å². The molecule has 3 aromatic carbocycles. The first-order valence-electron chi connectivity index (χ1n) is 9.50. The molecule has 0 saturated heterocycles. The smallest absolute Gasteiger partial charge is 0.335 e. The lowest BCUT2D eigenvalue weighted by Crippen LogP contribution is -2.29. The second-order valence-electron chi connectivity index (χ2n) is 7.69. The summed E-state index contributed by atoms with van der Waals surface area (Å²) in [7, 11) is 0. The van der Waals surface area contributed by atoms with Gasteiger partial charge in [0.2, 0.25) is 5.91 Å². The van der Waals surface area contributed by atoms with Gasteiger partial charge < -0.3 is 9.66 Å². The number of halogens is 1. The number of carboxylic acid groups (broad SMARTS) is 1. The predicted molar refractivity (Wildman–Crippen MR) is 115 cm³/mol. The molecule has 2 aliphatic rings. The van der Waals surface area contributed by atoms with E-state index in [0.717, 1.165) is 17.2 Å². The monoisotopic (exact) mass is 452 g/mol. The molecule has 1 heterocycles. The molecular weight excluding hydrogens is 438 g/mol. The second kappa shape index (κ2) is 7.02. The van der Waals surface area contributed by atoms with Crippen LogP contribution < -0.4 is 4.90 Å². The molecule has 0 bridgehead atoms. The Morgan fingerprint density at radius 1 is 1.13 bits per heavy atom. The van der Waals surface area contributed by atoms with Gasteiger partial charge in [-0.1, -0.05) is 41.9 Å². The number of hydrogen-bond donors (Lipinski definition) is 1. The van der Waals surface area contributed by atoms with Crippen LogP contribution in [0, 0.1) is 0 Å². The third-order valence-corrected chi connectivity index (χ3v) is 6.90. The van der Waals surface area contributed by atoms with Crippen molar-refractivity contribution in [1.29, 1.82) is 0 Å². The Kier molecular flexibility index (Phi) is 4.51. The van der Waals surface area contributed by atoms with E-state index in [-0.39, 0.29) is 28.0 Å². The van der Waals surface area contributed by atoms with Crippen molar-refractivity contribution in [1.82, 2.24) is 0 Å². The lowest BCUT2D eigenvalue weighted by Gasteiger charge is -2.20. The van der Waals surface area contributed by atoms with Crippen LogP contribution in [0.3, 0.4) is 0 Å². The summed E-state index contributed by atoms with van der Waals surface area (Å²) in [4.78, 5) is 26.6. The average Bonchev–Trinajstić information content (AvgIpc) is 3.45. The average molecular weight is 453 g/mol. The lowest BCUT2D eigenvalue weighted by molar-refractivity contribution is -0.119. The first-order chi connectivity index (χ1) is 14.8. The van der Waals surface area contributed by atoms with E-state index < -0.39 is 22.5 Å². The van der Waals surface area contributed by atoms with Gasteiger partial charge in [-0.15, -0.1) is 0 Å². The summed E-state index contributed by atoms with van der Waals surface area (Å²) in [5.41, 5.74) is 1.73. The quantitative estimate of drug-likeness (QED) is 0.592. The van der Waals surface area contributed by atoms with Gasteiger partial charge in [0.1, 0.15) is 0 Å². The summed E-state index contributed by atoms with van der Waals surface area (Å²) < 4.78 is 23.1. The van der Waals surface area contributed by atoms with Crippen molar-refractivity contribution >= 4 is 45.9 Å². The van der Waals surface area contributed by atoms with E-state index in [9.17, 15) is 23.5 Å². The van der Waals surface area contributed by atoms with E-state index in [0.29, 0.717) is 17.1 Å². The second-order valence-corrected chi connectivity index (χ2v) is 9.07. The summed E-state index contributed by atoms with van der Waals surface area (Å²) in [6, 6.07) is 18.5. The zero-order chi connectivity index (χ0) is 21.9. The van der Waals surface area contributed by atoms with E-state index in [1.54, 1.807) is 24.3 Å². The fourth-order valence-corrected chi connectivity index (χ4v) is 5.12. The van der Waals surface area contributed by atoms with Crippen molar-refractivity contribution in [2.24, 2.45) is 0 Å². The maximum Gasteiger partial charge on any atom is 0.335 e. The number of nitrogens with zero attached hydrogens (tertiary/aromatic N) is 1. The molecule has 0 radical (unpaired) electrons. The number of para-hydroxylation sites is 1. The molecule has 6 nitrogen and oxygen atoms in total. The number of carboxylic acids is 1. The zero-order valence-corrected chi connectivity index (χ0v) is 17.5. The molecule has 0 aromatic heterocycles. The number of aromatic carboxylic acids is 1. The summed E-state index contributed by atoms with van der Waals surface area (Å²) in [6.45, 7) is 0. The van der Waals surface area contributed by atoms with Crippen molar-refractivity contribution in [3.63, 3.8) is 0 Å². The minimum absolute atomic E-state index is 0.0424. The first kappa shape index (κ1) is 19.9. The highest BCUT2D eigenvalue weighted by atomic mass is 35.5. The van der Waals surface area contributed by atoms with Crippen LogP contribution in [-0.4, -0.2) is 25.7 Å². The Balaban J connectivity index is 1.65. The van der Waals surface area contributed by atoms with Gasteiger partial charge in [-0.3, -0.25) is 13.9 Å². The van der Waals surface area contributed by atoms with E-state index in [4.69, 9.17) is 11.6 Å². The third-order valence-electron chi connectivity index (χ3n) is 6.03. The fraction of sp³-hybridized carbons (Fsp3) is 0.130. The molecule has 3 aromatic rings. The Bertz CT molecular complexity index is 1240. The van der Waals surface area contributed by atoms with Crippen LogP contribution in [0.15, 0.2) is 71.6 Å². The van der Waals surface area contributed by atoms with Crippen molar-refractivity contribution < 1.29 is 23.5 Å². The highest BCUT2D eigenvalue weighted by Crippen LogP contribution is 2.67. The number of hydrogen-bond acceptors (Lipinski definition) is 4. The van der Waals surface area contributed by atoms with Crippen LogP contribution in [0.4, 0.5) is 11.4 Å². The number of carbonyl (C=O) groups excluding carboxylic acids is 1. The molecule has 8 heteroatoms. The van der Waals surface area contributed by atoms with E-state index in [1.807, 2.05) is 24.3 Å². The van der Waals surface area contributed by atoms with Gasteiger partial charge in [0.15, 0.2) is 0 Å². The SMILES string of the molecule is O=C(O)c1cc(N2C(=O)[C@]3(C[C@H]3c3ccc(Cl)cc3)c3ccccc32)cc(S(=O)[O-])c1. The number of benzene rings is 3. The standard InChI is InChI=1S/C23H16ClNO5S/c24-15-7-5-13(6-8-15)19-12-23(19)18-3-1-2-4-20(18)25(22(23)28)16-9-14(21(26)27)10-17(11-16)31(29)30/h1-11,19H,12H2,(H,26,27)(H,29,30)/p-1/t19-,23+/m0/s1. The van der Waals surface area contributed by atoms with Crippen LogP contribution >= 0.6 is 11.6 Å². The largest absolute Gasteiger partial charge is 0.768 e. The number of rotatable bonds is 4. The normalized spacial score (nSPS) is 22.5. The molecule has 5 rings (SSSR count). The van der Waals surface area contributed by atoms with Crippen molar-refractivity contribution in [2.45, 2.75) is 22.6 Å². The molecule has 1 aliphatic carbocycles. The highest BCUT2D eigenvalue weighted by Gasteiger charge is 2.67. The Morgan fingerprint density at radius 3 is 2.52 bits per heavy atom. The molecule has 1 amide bonds. The molecule has 1 saturated carbocycles. The van der Waals surface area contributed by atoms with E-state index in [1.165, 1.54) is 17.0 Å². The Morgan fingerprint density at radius 2 is 1.84 bits per heavy atom. The third kappa shape index (κ3) is 3.00. The van der Waals surface area contributed by atoms with Gasteiger partial charge in [0.05, 0.1) is 22.4 Å². The van der Waals surface area contributed by atoms with Crippen molar-refractivity contribution in [2.75, 3.05) is 4.90 Å². The molecule has 31 heavy (non-hydrogen) atoms.